The molecule has 4 nitrogen and oxygen atoms in total. The van der Waals surface area contributed by atoms with E-state index in [1.165, 1.54) is 12.3 Å². The minimum atomic E-state index is -0.408. The van der Waals surface area contributed by atoms with Gasteiger partial charge in [-0.2, -0.15) is 0 Å². The van der Waals surface area contributed by atoms with Crippen LogP contribution in [-0.4, -0.2) is 15.1 Å². The summed E-state index contributed by atoms with van der Waals surface area (Å²) in [6.07, 6.45) is 1.41. The van der Waals surface area contributed by atoms with Crippen molar-refractivity contribution < 1.29 is 4.79 Å². The van der Waals surface area contributed by atoms with Gasteiger partial charge >= 0.3 is 0 Å². The molecule has 0 aliphatic carbocycles. The molecule has 0 radical (unpaired) electrons. The van der Waals surface area contributed by atoms with E-state index in [2.05, 4.69) is 22.6 Å². The Kier molecular flexibility index (Phi) is 1.86. The fourth-order valence-electron chi connectivity index (χ4n) is 0.493. The van der Waals surface area contributed by atoms with Crippen molar-refractivity contribution >= 4 is 23.7 Å². The molecule has 1 aromatic heterocycles. The molecule has 0 bridgehead atoms. The summed E-state index contributed by atoms with van der Waals surface area (Å²) in [5.41, 5.74) is 5.41. The van der Waals surface area contributed by atoms with Crippen LogP contribution >= 0.6 is 12.6 Å². The third kappa shape index (κ3) is 1.44. The molecule has 1 aromatic rings. The van der Waals surface area contributed by atoms with Crippen molar-refractivity contribution in [2.24, 2.45) is 0 Å². The predicted octanol–water partition coefficient (Wildman–Crippen LogP) is 0.129. The quantitative estimate of drug-likeness (QED) is 0.565. The van der Waals surface area contributed by atoms with Gasteiger partial charge in [-0.3, -0.25) is 4.79 Å². The number of carbonyl (C=O) groups excluding carboxylic acids is 1. The van der Waals surface area contributed by atoms with E-state index >= 15 is 0 Å². The summed E-state index contributed by atoms with van der Waals surface area (Å²) in [4.78, 5) is 17.7. The van der Waals surface area contributed by atoms with Crippen molar-refractivity contribution in [2.75, 3.05) is 5.73 Å². The Bertz CT molecular complexity index is 263. The molecular weight excluding hydrogens is 150 g/mol. The van der Waals surface area contributed by atoms with Gasteiger partial charge in [0.2, 0.25) is 11.1 Å². The van der Waals surface area contributed by atoms with Crippen LogP contribution < -0.4 is 5.73 Å². The number of hydrogen-bond acceptors (Lipinski definition) is 4. The van der Waals surface area contributed by atoms with Crippen molar-refractivity contribution in [3.05, 3.63) is 18.0 Å². The number of rotatable bonds is 1. The Labute approximate surface area is 62.9 Å². The number of nitrogens with zero attached hydrogens (tertiary/aromatic N) is 2. The molecule has 0 aromatic carbocycles. The summed E-state index contributed by atoms with van der Waals surface area (Å²) in [6.45, 7) is 0. The van der Waals surface area contributed by atoms with Gasteiger partial charge in [-0.05, 0) is 6.07 Å². The van der Waals surface area contributed by atoms with Crippen LogP contribution in [0, 0.1) is 0 Å². The molecule has 0 amide bonds. The zero-order valence-electron chi connectivity index (χ0n) is 4.98. The minimum absolute atomic E-state index is 0.0832. The Hall–Kier alpha value is -1.10. The van der Waals surface area contributed by atoms with Gasteiger partial charge in [-0.1, -0.05) is 12.6 Å². The van der Waals surface area contributed by atoms with E-state index in [9.17, 15) is 4.79 Å². The molecule has 0 aliphatic rings. The van der Waals surface area contributed by atoms with Crippen molar-refractivity contribution in [2.45, 2.75) is 0 Å². The molecule has 5 heteroatoms. The lowest BCUT2D eigenvalue weighted by Gasteiger charge is -1.92. The molecule has 52 valence electrons. The zero-order valence-corrected chi connectivity index (χ0v) is 5.88. The van der Waals surface area contributed by atoms with E-state index in [0.29, 0.717) is 0 Å². The third-order valence-electron chi connectivity index (χ3n) is 0.893. The maximum atomic E-state index is 10.5. The van der Waals surface area contributed by atoms with Crippen LogP contribution in [0.1, 0.15) is 10.5 Å². The van der Waals surface area contributed by atoms with Crippen LogP contribution in [0.25, 0.3) is 0 Å². The fraction of sp³-hybridized carbons (Fsp3) is 0. The highest BCUT2D eigenvalue weighted by molar-refractivity contribution is 7.97. The lowest BCUT2D eigenvalue weighted by atomic mass is 10.4. The van der Waals surface area contributed by atoms with E-state index < -0.39 is 5.12 Å². The first-order valence-corrected chi connectivity index (χ1v) is 2.96. The summed E-state index contributed by atoms with van der Waals surface area (Å²) in [6, 6.07) is 1.45. The molecule has 0 spiro atoms. The van der Waals surface area contributed by atoms with E-state index in [1.54, 1.807) is 0 Å². The number of anilines is 1. The van der Waals surface area contributed by atoms with E-state index in [1.807, 2.05) is 0 Å². The summed E-state index contributed by atoms with van der Waals surface area (Å²) < 4.78 is 0. The number of hydrogen-bond donors (Lipinski definition) is 2. The Morgan fingerprint density at radius 2 is 2.40 bits per heavy atom. The topological polar surface area (TPSA) is 68.9 Å². The smallest absolute Gasteiger partial charge is 0.234 e. The monoisotopic (exact) mass is 155 g/mol. The highest BCUT2D eigenvalue weighted by Crippen LogP contribution is 1.99. The Morgan fingerprint density at radius 1 is 1.70 bits per heavy atom. The van der Waals surface area contributed by atoms with Crippen molar-refractivity contribution in [1.82, 2.24) is 9.97 Å². The van der Waals surface area contributed by atoms with Crippen LogP contribution in [-0.2, 0) is 0 Å². The minimum Gasteiger partial charge on any atom is -0.368 e. The summed E-state index contributed by atoms with van der Waals surface area (Å²) in [7, 11) is 0. The summed E-state index contributed by atoms with van der Waals surface area (Å²) in [5.74, 6) is 0.0832. The number of carbonyl (C=O) groups is 1. The average molecular weight is 155 g/mol. The summed E-state index contributed by atoms with van der Waals surface area (Å²) >= 11 is 3.55. The van der Waals surface area contributed by atoms with Crippen molar-refractivity contribution in [1.29, 1.82) is 0 Å². The van der Waals surface area contributed by atoms with Crippen LogP contribution in [0.15, 0.2) is 12.3 Å². The summed E-state index contributed by atoms with van der Waals surface area (Å²) in [5, 5.41) is -0.408. The molecule has 0 saturated heterocycles. The second-order valence-electron chi connectivity index (χ2n) is 1.61. The van der Waals surface area contributed by atoms with Crippen molar-refractivity contribution in [3.63, 3.8) is 0 Å². The molecule has 0 aliphatic heterocycles. The first-order valence-electron chi connectivity index (χ1n) is 2.52. The van der Waals surface area contributed by atoms with Gasteiger partial charge in [-0.25, -0.2) is 9.97 Å². The molecule has 1 rings (SSSR count). The normalized spacial score (nSPS) is 9.30. The fourth-order valence-corrected chi connectivity index (χ4v) is 0.617. The second kappa shape index (κ2) is 2.66. The highest BCUT2D eigenvalue weighted by atomic mass is 32.1. The van der Waals surface area contributed by atoms with Gasteiger partial charge in [0, 0.05) is 6.20 Å². The molecule has 1 heterocycles. The largest absolute Gasteiger partial charge is 0.368 e. The lowest BCUT2D eigenvalue weighted by Crippen LogP contribution is -1.99. The number of nitrogen functional groups attached to an aromatic ring is 1. The molecule has 0 atom stereocenters. The van der Waals surface area contributed by atoms with Crippen LogP contribution in [0.3, 0.4) is 0 Å². The highest BCUT2D eigenvalue weighted by Gasteiger charge is 2.00. The van der Waals surface area contributed by atoms with Gasteiger partial charge in [0.1, 0.15) is 5.69 Å². The maximum absolute atomic E-state index is 10.5. The lowest BCUT2D eigenvalue weighted by molar-refractivity contribution is 0.108. The SMILES string of the molecule is Nc1nccc(C(=O)S)n1. The predicted molar refractivity (Wildman–Crippen MR) is 39.8 cm³/mol. The Balaban J connectivity index is 3.07. The first-order chi connectivity index (χ1) is 4.70. The zero-order chi connectivity index (χ0) is 7.56. The van der Waals surface area contributed by atoms with E-state index in [4.69, 9.17) is 5.73 Å². The van der Waals surface area contributed by atoms with Gasteiger partial charge in [0.05, 0.1) is 0 Å². The van der Waals surface area contributed by atoms with Gasteiger partial charge in [0.15, 0.2) is 0 Å². The van der Waals surface area contributed by atoms with Crippen LogP contribution in [0.5, 0.6) is 0 Å². The van der Waals surface area contributed by atoms with Crippen molar-refractivity contribution in [3.8, 4) is 0 Å². The molecule has 2 N–H and O–H groups in total. The molecule has 10 heavy (non-hydrogen) atoms. The molecule has 0 saturated carbocycles. The van der Waals surface area contributed by atoms with E-state index in [0.717, 1.165) is 0 Å². The number of nitrogens with two attached hydrogens (primary N) is 1. The van der Waals surface area contributed by atoms with Crippen LogP contribution in [0.2, 0.25) is 0 Å². The average Bonchev–Trinajstić information content (AvgIpc) is 1.88. The number of thiol groups is 1. The third-order valence-corrected chi connectivity index (χ3v) is 1.12. The second-order valence-corrected chi connectivity index (χ2v) is 2.01. The van der Waals surface area contributed by atoms with Gasteiger partial charge < -0.3 is 5.73 Å². The standard InChI is InChI=1S/C5H5N3OS/c6-5-7-2-1-3(8-5)4(9)10/h1-2H,(H,9,10)(H2,6,7,8). The Morgan fingerprint density at radius 3 is 2.80 bits per heavy atom. The molecule has 0 unspecified atom stereocenters. The molecular formula is C5H5N3OS. The maximum Gasteiger partial charge on any atom is 0.234 e. The number of aromatic nitrogens is 2. The van der Waals surface area contributed by atoms with E-state index in [-0.39, 0.29) is 11.6 Å². The first kappa shape index (κ1) is 7.01. The van der Waals surface area contributed by atoms with Gasteiger partial charge in [-0.15, -0.1) is 0 Å². The molecule has 0 fully saturated rings. The van der Waals surface area contributed by atoms with Crippen LogP contribution in [0.4, 0.5) is 5.95 Å². The van der Waals surface area contributed by atoms with Gasteiger partial charge in [0.25, 0.3) is 0 Å².